The van der Waals surface area contributed by atoms with Crippen molar-refractivity contribution in [1.82, 2.24) is 0 Å². The first-order chi connectivity index (χ1) is 6.79. The molecule has 1 unspecified atom stereocenters. The van der Waals surface area contributed by atoms with E-state index in [-0.39, 0.29) is 17.0 Å². The Labute approximate surface area is 89.0 Å². The number of hydrogen-bond donors (Lipinski definition) is 1. The molecule has 0 radical (unpaired) electrons. The normalized spacial score (nSPS) is 16.0. The molecule has 1 aromatic carbocycles. The van der Waals surface area contributed by atoms with Gasteiger partial charge in [-0.25, -0.2) is 12.8 Å². The summed E-state index contributed by atoms with van der Waals surface area (Å²) in [7, 11) is -3.42. The van der Waals surface area contributed by atoms with Crippen LogP contribution in [0.2, 0.25) is 0 Å². The minimum atomic E-state index is -3.42. The summed E-state index contributed by atoms with van der Waals surface area (Å²) in [6.07, 6.45) is 1.05. The molecule has 2 N–H and O–H groups in total. The average Bonchev–Trinajstić information content (AvgIpc) is 2.16. The van der Waals surface area contributed by atoms with Gasteiger partial charge in [0.15, 0.2) is 9.84 Å². The summed E-state index contributed by atoms with van der Waals surface area (Å²) in [6.45, 7) is 1.02. The number of alkyl halides is 1. The summed E-state index contributed by atoms with van der Waals surface area (Å²) in [5.74, 6) is 0. The fraction of sp³-hybridized carbons (Fsp3) is 0.400. The lowest BCUT2D eigenvalue weighted by atomic mass is 9.98. The predicted octanol–water partition coefficient (Wildman–Crippen LogP) is 1.23. The predicted molar refractivity (Wildman–Crippen MR) is 57.1 cm³/mol. The van der Waals surface area contributed by atoms with Crippen LogP contribution in [0.15, 0.2) is 29.2 Å². The van der Waals surface area contributed by atoms with Gasteiger partial charge in [-0.2, -0.15) is 0 Å². The highest BCUT2D eigenvalue weighted by atomic mass is 32.2. The van der Waals surface area contributed by atoms with Gasteiger partial charge >= 0.3 is 0 Å². The molecule has 0 aliphatic heterocycles. The molecule has 0 fully saturated rings. The van der Waals surface area contributed by atoms with Crippen molar-refractivity contribution in [3.05, 3.63) is 29.8 Å². The van der Waals surface area contributed by atoms with Crippen molar-refractivity contribution < 1.29 is 12.8 Å². The number of benzene rings is 1. The van der Waals surface area contributed by atoms with Crippen LogP contribution in [-0.2, 0) is 15.5 Å². The van der Waals surface area contributed by atoms with Crippen molar-refractivity contribution in [1.29, 1.82) is 0 Å². The van der Waals surface area contributed by atoms with Crippen molar-refractivity contribution in [3.8, 4) is 0 Å². The zero-order valence-corrected chi connectivity index (χ0v) is 9.51. The highest BCUT2D eigenvalue weighted by molar-refractivity contribution is 7.90. The van der Waals surface area contributed by atoms with E-state index in [9.17, 15) is 12.8 Å². The first kappa shape index (κ1) is 12.1. The third-order valence-electron chi connectivity index (χ3n) is 2.23. The molecule has 0 heterocycles. The average molecular weight is 231 g/mol. The number of halogens is 1. The molecule has 0 bridgehead atoms. The highest BCUT2D eigenvalue weighted by Crippen LogP contribution is 2.29. The molecule has 1 rings (SSSR count). The lowest BCUT2D eigenvalue weighted by molar-refractivity contribution is 0.199. The molecule has 5 heteroatoms. The van der Waals surface area contributed by atoms with Gasteiger partial charge in [-0.15, -0.1) is 0 Å². The molecule has 0 aromatic heterocycles. The Hall–Kier alpha value is -0.940. The van der Waals surface area contributed by atoms with Crippen LogP contribution in [0.25, 0.3) is 0 Å². The zero-order valence-electron chi connectivity index (χ0n) is 8.70. The molecule has 0 spiro atoms. The van der Waals surface area contributed by atoms with Crippen LogP contribution in [0.4, 0.5) is 4.39 Å². The maximum absolute atomic E-state index is 14.0. The molecule has 0 aliphatic rings. The maximum atomic E-state index is 14.0. The topological polar surface area (TPSA) is 60.2 Å². The summed E-state index contributed by atoms with van der Waals surface area (Å²) in [5, 5.41) is 0. The summed E-state index contributed by atoms with van der Waals surface area (Å²) in [5.41, 5.74) is 3.58. The Bertz CT molecular complexity index is 454. The number of nitrogens with two attached hydrogens (primary N) is 1. The van der Waals surface area contributed by atoms with Crippen LogP contribution in [0, 0.1) is 0 Å². The van der Waals surface area contributed by atoms with Crippen LogP contribution in [-0.4, -0.2) is 21.2 Å². The molecule has 1 atom stereocenters. The van der Waals surface area contributed by atoms with Crippen LogP contribution in [0.1, 0.15) is 12.5 Å². The van der Waals surface area contributed by atoms with Crippen LogP contribution in [0.5, 0.6) is 0 Å². The smallest absolute Gasteiger partial charge is 0.175 e. The highest BCUT2D eigenvalue weighted by Gasteiger charge is 2.29. The van der Waals surface area contributed by atoms with E-state index in [0.29, 0.717) is 0 Å². The molecular formula is C10H14FNO2S. The first-order valence-corrected chi connectivity index (χ1v) is 6.37. The second-order valence-electron chi connectivity index (χ2n) is 3.67. The van der Waals surface area contributed by atoms with Crippen molar-refractivity contribution >= 4 is 9.84 Å². The van der Waals surface area contributed by atoms with E-state index in [1.165, 1.54) is 19.1 Å². The van der Waals surface area contributed by atoms with Gasteiger partial charge in [-0.1, -0.05) is 18.2 Å². The standard InChI is InChI=1S/C10H14FNO2S/c1-10(11,7-12)8-5-3-4-6-9(8)15(2,13)14/h3-6H,7,12H2,1-2H3. The third kappa shape index (κ3) is 2.54. The van der Waals surface area contributed by atoms with Crippen molar-refractivity contribution in [2.45, 2.75) is 17.5 Å². The minimum absolute atomic E-state index is 0.000417. The Morgan fingerprint density at radius 3 is 2.40 bits per heavy atom. The van der Waals surface area contributed by atoms with Crippen molar-refractivity contribution in [3.63, 3.8) is 0 Å². The molecule has 84 valence electrons. The van der Waals surface area contributed by atoms with Crippen LogP contribution < -0.4 is 5.73 Å². The SMILES string of the molecule is CC(F)(CN)c1ccccc1S(C)(=O)=O. The molecular weight excluding hydrogens is 217 g/mol. The van der Waals surface area contributed by atoms with Gasteiger partial charge < -0.3 is 5.73 Å². The van der Waals surface area contributed by atoms with E-state index in [0.717, 1.165) is 6.26 Å². The van der Waals surface area contributed by atoms with Gasteiger partial charge in [0.25, 0.3) is 0 Å². The van der Waals surface area contributed by atoms with Crippen LogP contribution >= 0.6 is 0 Å². The second-order valence-corrected chi connectivity index (χ2v) is 5.65. The third-order valence-corrected chi connectivity index (χ3v) is 3.39. The zero-order chi connectivity index (χ0) is 11.7. The Kier molecular flexibility index (Phi) is 3.16. The minimum Gasteiger partial charge on any atom is -0.327 e. The van der Waals surface area contributed by atoms with E-state index < -0.39 is 15.5 Å². The quantitative estimate of drug-likeness (QED) is 0.851. The van der Waals surface area contributed by atoms with Gasteiger partial charge in [0.05, 0.1) is 4.90 Å². The van der Waals surface area contributed by atoms with Crippen molar-refractivity contribution in [2.24, 2.45) is 5.73 Å². The number of rotatable bonds is 3. The van der Waals surface area contributed by atoms with E-state index in [4.69, 9.17) is 5.73 Å². The van der Waals surface area contributed by atoms with Gasteiger partial charge in [-0.05, 0) is 13.0 Å². The Morgan fingerprint density at radius 2 is 1.93 bits per heavy atom. The van der Waals surface area contributed by atoms with E-state index in [1.54, 1.807) is 12.1 Å². The lowest BCUT2D eigenvalue weighted by Crippen LogP contribution is -2.28. The van der Waals surface area contributed by atoms with E-state index in [2.05, 4.69) is 0 Å². The largest absolute Gasteiger partial charge is 0.327 e. The lowest BCUT2D eigenvalue weighted by Gasteiger charge is -2.21. The fourth-order valence-corrected chi connectivity index (χ4v) is 2.34. The molecule has 15 heavy (non-hydrogen) atoms. The summed E-state index contributed by atoms with van der Waals surface area (Å²) in [6, 6.07) is 5.99. The molecule has 1 aromatic rings. The fourth-order valence-electron chi connectivity index (χ4n) is 1.33. The Morgan fingerprint density at radius 1 is 1.40 bits per heavy atom. The van der Waals surface area contributed by atoms with Gasteiger partial charge in [0.2, 0.25) is 0 Å². The van der Waals surface area contributed by atoms with Gasteiger partial charge in [0, 0.05) is 18.4 Å². The van der Waals surface area contributed by atoms with Gasteiger partial charge in [-0.3, -0.25) is 0 Å². The number of hydrogen-bond acceptors (Lipinski definition) is 3. The number of sulfone groups is 1. The summed E-state index contributed by atoms with van der Waals surface area (Å²) < 4.78 is 36.8. The molecule has 0 saturated heterocycles. The first-order valence-electron chi connectivity index (χ1n) is 4.47. The van der Waals surface area contributed by atoms with Crippen LogP contribution in [0.3, 0.4) is 0 Å². The molecule has 3 nitrogen and oxygen atoms in total. The molecule has 0 saturated carbocycles. The Balaban J connectivity index is 3.44. The van der Waals surface area contributed by atoms with Crippen molar-refractivity contribution in [2.75, 3.05) is 12.8 Å². The molecule has 0 aliphatic carbocycles. The second kappa shape index (κ2) is 3.90. The van der Waals surface area contributed by atoms with E-state index in [1.807, 2.05) is 0 Å². The monoisotopic (exact) mass is 231 g/mol. The van der Waals surface area contributed by atoms with Gasteiger partial charge in [0.1, 0.15) is 5.67 Å². The summed E-state index contributed by atoms with van der Waals surface area (Å²) >= 11 is 0. The molecule has 0 amide bonds. The maximum Gasteiger partial charge on any atom is 0.175 e. The van der Waals surface area contributed by atoms with E-state index >= 15 is 0 Å². The summed E-state index contributed by atoms with van der Waals surface area (Å²) in [4.78, 5) is 0.000417.